The van der Waals surface area contributed by atoms with E-state index in [2.05, 4.69) is 4.98 Å². The first kappa shape index (κ1) is 14.8. The maximum Gasteiger partial charge on any atom is 0.251 e. The van der Waals surface area contributed by atoms with Crippen LogP contribution in [0.1, 0.15) is 29.9 Å². The Morgan fingerprint density at radius 2 is 1.96 bits per heavy atom. The summed E-state index contributed by atoms with van der Waals surface area (Å²) in [6, 6.07) is 10.4. The highest BCUT2D eigenvalue weighted by atomic mass is 16.3. The van der Waals surface area contributed by atoms with Crippen molar-refractivity contribution in [3.8, 4) is 11.4 Å². The average molecular weight is 307 g/mol. The molecule has 0 bridgehead atoms. The largest absolute Gasteiger partial charge is 0.508 e. The number of primary amides is 1. The van der Waals surface area contributed by atoms with Crippen LogP contribution < -0.4 is 5.73 Å². The standard InChI is InChI=1S/C18H17N3O2/c1-3-11(2)16-15(17(19)23)14-5-4-10-20-18(14)21(16)12-6-8-13(22)9-7-12/h3-10,22H,1-2H3,(H2,19,23)/b11-3+. The van der Waals surface area contributed by atoms with Crippen LogP contribution in [0.25, 0.3) is 22.3 Å². The van der Waals surface area contributed by atoms with E-state index >= 15 is 0 Å². The van der Waals surface area contributed by atoms with E-state index in [9.17, 15) is 9.90 Å². The Morgan fingerprint density at radius 1 is 1.26 bits per heavy atom. The average Bonchev–Trinajstić information content (AvgIpc) is 2.90. The maximum absolute atomic E-state index is 12.1. The quantitative estimate of drug-likeness (QED) is 0.779. The number of allylic oxidation sites excluding steroid dienone is 2. The Balaban J connectivity index is 2.48. The van der Waals surface area contributed by atoms with E-state index < -0.39 is 5.91 Å². The van der Waals surface area contributed by atoms with Crippen molar-refractivity contribution in [2.45, 2.75) is 13.8 Å². The number of fused-ring (bicyclic) bond motifs is 1. The molecule has 2 heterocycles. The van der Waals surface area contributed by atoms with Crippen LogP contribution >= 0.6 is 0 Å². The molecule has 3 N–H and O–H groups in total. The van der Waals surface area contributed by atoms with E-state index in [1.807, 2.05) is 30.6 Å². The molecule has 5 nitrogen and oxygen atoms in total. The van der Waals surface area contributed by atoms with Crippen LogP contribution in [-0.2, 0) is 0 Å². The van der Waals surface area contributed by atoms with Gasteiger partial charge in [0.1, 0.15) is 11.4 Å². The summed E-state index contributed by atoms with van der Waals surface area (Å²) >= 11 is 0. The molecule has 1 amide bonds. The number of phenols is 1. The number of hydrogen-bond acceptors (Lipinski definition) is 3. The highest BCUT2D eigenvalue weighted by Crippen LogP contribution is 2.32. The van der Waals surface area contributed by atoms with Crippen molar-refractivity contribution in [2.75, 3.05) is 0 Å². The van der Waals surface area contributed by atoms with Crippen LogP contribution in [0.15, 0.2) is 48.7 Å². The number of carbonyl (C=O) groups is 1. The highest BCUT2D eigenvalue weighted by Gasteiger charge is 2.23. The van der Waals surface area contributed by atoms with Gasteiger partial charge in [0, 0.05) is 17.3 Å². The van der Waals surface area contributed by atoms with Crippen LogP contribution in [0, 0.1) is 0 Å². The second-order valence-corrected chi connectivity index (χ2v) is 5.29. The van der Waals surface area contributed by atoms with Crippen molar-refractivity contribution >= 4 is 22.5 Å². The summed E-state index contributed by atoms with van der Waals surface area (Å²) < 4.78 is 1.89. The summed E-state index contributed by atoms with van der Waals surface area (Å²) in [6.07, 6.45) is 3.61. The molecule has 0 radical (unpaired) electrons. The minimum Gasteiger partial charge on any atom is -0.508 e. The molecule has 0 saturated heterocycles. The monoisotopic (exact) mass is 307 g/mol. The molecular formula is C18H17N3O2. The zero-order chi connectivity index (χ0) is 16.6. The number of benzene rings is 1. The Kier molecular flexibility index (Phi) is 3.62. The lowest BCUT2D eigenvalue weighted by Crippen LogP contribution is -2.13. The lowest BCUT2D eigenvalue weighted by atomic mass is 10.1. The van der Waals surface area contributed by atoms with Gasteiger partial charge in [-0.1, -0.05) is 6.08 Å². The van der Waals surface area contributed by atoms with Gasteiger partial charge in [-0.15, -0.1) is 0 Å². The summed E-state index contributed by atoms with van der Waals surface area (Å²) in [7, 11) is 0. The summed E-state index contributed by atoms with van der Waals surface area (Å²) in [4.78, 5) is 16.5. The number of phenolic OH excluding ortho intramolecular Hbond substituents is 1. The van der Waals surface area contributed by atoms with Crippen molar-refractivity contribution in [3.05, 3.63) is 59.9 Å². The third kappa shape index (κ3) is 2.36. The molecule has 0 saturated carbocycles. The Hall–Kier alpha value is -3.08. The molecule has 116 valence electrons. The second kappa shape index (κ2) is 5.61. The molecule has 2 aromatic heterocycles. The Labute approximate surface area is 133 Å². The highest BCUT2D eigenvalue weighted by molar-refractivity contribution is 6.10. The zero-order valence-corrected chi connectivity index (χ0v) is 12.9. The molecule has 0 unspecified atom stereocenters. The fourth-order valence-electron chi connectivity index (χ4n) is 2.73. The third-order valence-corrected chi connectivity index (χ3v) is 3.89. The molecule has 3 aromatic rings. The minimum absolute atomic E-state index is 0.178. The van der Waals surface area contributed by atoms with E-state index in [0.717, 1.165) is 17.0 Å². The van der Waals surface area contributed by atoms with E-state index in [4.69, 9.17) is 5.73 Å². The molecule has 1 aromatic carbocycles. The van der Waals surface area contributed by atoms with Crippen LogP contribution in [0.4, 0.5) is 0 Å². The van der Waals surface area contributed by atoms with Crippen LogP contribution in [0.3, 0.4) is 0 Å². The van der Waals surface area contributed by atoms with Crippen molar-refractivity contribution < 1.29 is 9.90 Å². The lowest BCUT2D eigenvalue weighted by molar-refractivity contribution is 0.100. The van der Waals surface area contributed by atoms with Gasteiger partial charge in [-0.25, -0.2) is 4.98 Å². The first-order valence-corrected chi connectivity index (χ1v) is 7.26. The smallest absolute Gasteiger partial charge is 0.251 e. The summed E-state index contributed by atoms with van der Waals surface area (Å²) in [5, 5.41) is 10.2. The predicted octanol–water partition coefficient (Wildman–Crippen LogP) is 3.25. The van der Waals surface area contributed by atoms with Crippen LogP contribution in [0.2, 0.25) is 0 Å². The number of carbonyl (C=O) groups excluding carboxylic acids is 1. The number of nitrogens with two attached hydrogens (primary N) is 1. The normalized spacial score (nSPS) is 11.8. The lowest BCUT2D eigenvalue weighted by Gasteiger charge is -2.11. The van der Waals surface area contributed by atoms with E-state index in [-0.39, 0.29) is 5.75 Å². The molecule has 23 heavy (non-hydrogen) atoms. The van der Waals surface area contributed by atoms with Gasteiger partial charge < -0.3 is 10.8 Å². The van der Waals surface area contributed by atoms with Crippen LogP contribution in [-0.4, -0.2) is 20.6 Å². The van der Waals surface area contributed by atoms with E-state index in [1.54, 1.807) is 36.5 Å². The Morgan fingerprint density at radius 3 is 2.57 bits per heavy atom. The molecule has 0 spiro atoms. The van der Waals surface area contributed by atoms with Gasteiger partial charge in [-0.3, -0.25) is 9.36 Å². The minimum atomic E-state index is -0.489. The van der Waals surface area contributed by atoms with Gasteiger partial charge in [0.15, 0.2) is 0 Å². The van der Waals surface area contributed by atoms with Gasteiger partial charge >= 0.3 is 0 Å². The molecular weight excluding hydrogens is 290 g/mol. The zero-order valence-electron chi connectivity index (χ0n) is 12.9. The number of aromatic nitrogens is 2. The fraction of sp³-hybridized carbons (Fsp3) is 0.111. The molecule has 0 atom stereocenters. The number of hydrogen-bond donors (Lipinski definition) is 2. The SMILES string of the molecule is C/C=C(\C)c1c(C(N)=O)c2cccnc2n1-c1ccc(O)cc1. The first-order chi connectivity index (χ1) is 11.0. The summed E-state index contributed by atoms with van der Waals surface area (Å²) in [5.74, 6) is -0.311. The van der Waals surface area contributed by atoms with Crippen molar-refractivity contribution in [1.82, 2.24) is 9.55 Å². The number of nitrogens with zero attached hydrogens (tertiary/aromatic N) is 2. The molecule has 0 aliphatic carbocycles. The molecule has 5 heteroatoms. The van der Waals surface area contributed by atoms with Gasteiger partial charge in [0.25, 0.3) is 5.91 Å². The summed E-state index contributed by atoms with van der Waals surface area (Å²) in [6.45, 7) is 3.84. The first-order valence-electron chi connectivity index (χ1n) is 7.26. The topological polar surface area (TPSA) is 81.1 Å². The van der Waals surface area contributed by atoms with Crippen molar-refractivity contribution in [1.29, 1.82) is 0 Å². The van der Waals surface area contributed by atoms with E-state index in [0.29, 0.717) is 16.6 Å². The van der Waals surface area contributed by atoms with Gasteiger partial charge in [-0.05, 0) is 55.8 Å². The summed E-state index contributed by atoms with van der Waals surface area (Å²) in [5.41, 5.74) is 9.20. The number of rotatable bonds is 3. The van der Waals surface area contributed by atoms with Gasteiger partial charge in [-0.2, -0.15) is 0 Å². The Bertz CT molecular complexity index is 921. The second-order valence-electron chi connectivity index (χ2n) is 5.29. The molecule has 0 fully saturated rings. The van der Waals surface area contributed by atoms with Crippen molar-refractivity contribution in [2.24, 2.45) is 5.73 Å². The number of amides is 1. The van der Waals surface area contributed by atoms with Crippen LogP contribution in [0.5, 0.6) is 5.75 Å². The third-order valence-electron chi connectivity index (χ3n) is 3.89. The number of aromatic hydroxyl groups is 1. The van der Waals surface area contributed by atoms with Gasteiger partial charge in [0.2, 0.25) is 0 Å². The van der Waals surface area contributed by atoms with Crippen molar-refractivity contribution in [3.63, 3.8) is 0 Å². The number of pyridine rings is 1. The van der Waals surface area contributed by atoms with Gasteiger partial charge in [0.05, 0.1) is 11.3 Å². The van der Waals surface area contributed by atoms with E-state index in [1.165, 1.54) is 0 Å². The molecule has 0 aliphatic rings. The molecule has 3 rings (SSSR count). The predicted molar refractivity (Wildman–Crippen MR) is 90.6 cm³/mol. The molecule has 0 aliphatic heterocycles. The fourth-order valence-corrected chi connectivity index (χ4v) is 2.73. The maximum atomic E-state index is 12.1.